The Kier molecular flexibility index (Phi) is 5.82. The van der Waals surface area contributed by atoms with Crippen molar-refractivity contribution in [2.45, 2.75) is 12.8 Å². The molecule has 0 saturated heterocycles. The first-order chi connectivity index (χ1) is 12.7. The van der Waals surface area contributed by atoms with Crippen molar-refractivity contribution >= 4 is 27.5 Å². The van der Waals surface area contributed by atoms with E-state index >= 15 is 0 Å². The Bertz CT molecular complexity index is 956. The molecule has 0 spiro atoms. The molecule has 0 N–H and O–H groups in total. The molecule has 0 radical (unpaired) electrons. The highest BCUT2D eigenvalue weighted by Crippen LogP contribution is 2.29. The van der Waals surface area contributed by atoms with E-state index in [1.807, 2.05) is 18.2 Å². The molecule has 0 fully saturated rings. The molecule has 0 aliphatic carbocycles. The summed E-state index contributed by atoms with van der Waals surface area (Å²) in [6, 6.07) is 16.4. The highest BCUT2D eigenvalue weighted by Gasteiger charge is 2.05. The summed E-state index contributed by atoms with van der Waals surface area (Å²) in [4.78, 5) is 11.4. The molecular weight excluding hydrogens is 324 g/mol. The Morgan fingerprint density at radius 2 is 1.69 bits per heavy atom. The van der Waals surface area contributed by atoms with Crippen molar-refractivity contribution in [1.29, 1.82) is 0 Å². The van der Waals surface area contributed by atoms with Crippen LogP contribution >= 0.6 is 0 Å². The molecule has 0 amide bonds. The van der Waals surface area contributed by atoms with Crippen LogP contribution in [0, 0.1) is 0 Å². The molecule has 0 heterocycles. The largest absolute Gasteiger partial charge is 0.423 e. The predicted molar refractivity (Wildman–Crippen MR) is 107 cm³/mol. The van der Waals surface area contributed by atoms with E-state index in [4.69, 9.17) is 9.47 Å². The van der Waals surface area contributed by atoms with Gasteiger partial charge in [0.15, 0.2) is 0 Å². The molecule has 0 aliphatic rings. The summed E-state index contributed by atoms with van der Waals surface area (Å²) in [5.74, 6) is 0.0738. The first kappa shape index (κ1) is 17.9. The van der Waals surface area contributed by atoms with Crippen LogP contribution in [0.5, 0.6) is 5.75 Å². The van der Waals surface area contributed by atoms with E-state index in [9.17, 15) is 4.79 Å². The SMILES string of the molecule is C=CCOCCCc1ccc2c(ccc3cc(OC(=O)C=C)ccc32)c1. The van der Waals surface area contributed by atoms with E-state index in [-0.39, 0.29) is 0 Å². The van der Waals surface area contributed by atoms with Crippen LogP contribution in [0.25, 0.3) is 21.5 Å². The molecule has 3 aromatic rings. The number of esters is 1. The second-order valence-corrected chi connectivity index (χ2v) is 6.10. The van der Waals surface area contributed by atoms with Crippen LogP contribution in [0.1, 0.15) is 12.0 Å². The first-order valence-corrected chi connectivity index (χ1v) is 8.69. The third-order valence-corrected chi connectivity index (χ3v) is 4.25. The van der Waals surface area contributed by atoms with Crippen LogP contribution < -0.4 is 4.74 Å². The van der Waals surface area contributed by atoms with Crippen molar-refractivity contribution in [1.82, 2.24) is 0 Å². The summed E-state index contributed by atoms with van der Waals surface area (Å²) >= 11 is 0. The van der Waals surface area contributed by atoms with E-state index in [1.54, 1.807) is 6.08 Å². The zero-order chi connectivity index (χ0) is 18.4. The number of rotatable bonds is 8. The Morgan fingerprint density at radius 1 is 0.962 bits per heavy atom. The predicted octanol–water partition coefficient (Wildman–Crippen LogP) is 5.22. The monoisotopic (exact) mass is 346 g/mol. The lowest BCUT2D eigenvalue weighted by Gasteiger charge is -2.09. The zero-order valence-electron chi connectivity index (χ0n) is 14.7. The van der Waals surface area contributed by atoms with Crippen LogP contribution in [-0.4, -0.2) is 19.2 Å². The summed E-state index contributed by atoms with van der Waals surface area (Å²) < 4.78 is 10.6. The molecule has 0 bridgehead atoms. The lowest BCUT2D eigenvalue weighted by molar-refractivity contribution is -0.128. The maximum atomic E-state index is 11.4. The van der Waals surface area contributed by atoms with Gasteiger partial charge in [-0.15, -0.1) is 6.58 Å². The molecule has 0 unspecified atom stereocenters. The second kappa shape index (κ2) is 8.45. The standard InChI is InChI=1S/C23H22O3/c1-3-13-25-14-5-6-17-7-11-21-18(15-17)8-9-19-16-20(10-12-22(19)21)26-23(24)4-2/h3-4,7-12,15-16H,1-2,5-6,13-14H2. The van der Waals surface area contributed by atoms with Gasteiger partial charge in [0.2, 0.25) is 0 Å². The summed E-state index contributed by atoms with van der Waals surface area (Å²) in [5.41, 5.74) is 1.30. The smallest absolute Gasteiger partial charge is 0.335 e. The average molecular weight is 346 g/mol. The Hall–Kier alpha value is -2.91. The van der Waals surface area contributed by atoms with Gasteiger partial charge in [-0.2, -0.15) is 0 Å². The lowest BCUT2D eigenvalue weighted by atomic mass is 9.98. The number of hydrogen-bond donors (Lipinski definition) is 0. The maximum absolute atomic E-state index is 11.4. The van der Waals surface area contributed by atoms with Gasteiger partial charge in [-0.3, -0.25) is 0 Å². The van der Waals surface area contributed by atoms with Crippen molar-refractivity contribution in [3.63, 3.8) is 0 Å². The summed E-state index contributed by atoms with van der Waals surface area (Å²) in [6.07, 6.45) is 4.91. The van der Waals surface area contributed by atoms with E-state index in [0.29, 0.717) is 12.4 Å². The van der Waals surface area contributed by atoms with Crippen molar-refractivity contribution in [2.75, 3.05) is 13.2 Å². The van der Waals surface area contributed by atoms with Gasteiger partial charge in [-0.1, -0.05) is 49.1 Å². The van der Waals surface area contributed by atoms with Crippen LogP contribution in [0.2, 0.25) is 0 Å². The average Bonchev–Trinajstić information content (AvgIpc) is 2.67. The molecule has 0 aromatic heterocycles. The van der Waals surface area contributed by atoms with Gasteiger partial charge in [0, 0.05) is 12.7 Å². The van der Waals surface area contributed by atoms with E-state index in [2.05, 4.69) is 43.5 Å². The molecule has 0 saturated carbocycles. The molecule has 0 aliphatic heterocycles. The van der Waals surface area contributed by atoms with Gasteiger partial charge < -0.3 is 9.47 Å². The third-order valence-electron chi connectivity index (χ3n) is 4.25. The molecule has 3 rings (SSSR count). The highest BCUT2D eigenvalue weighted by molar-refractivity contribution is 6.08. The number of ether oxygens (including phenoxy) is 2. The highest BCUT2D eigenvalue weighted by atomic mass is 16.5. The second-order valence-electron chi connectivity index (χ2n) is 6.10. The van der Waals surface area contributed by atoms with Crippen molar-refractivity contribution < 1.29 is 14.3 Å². The van der Waals surface area contributed by atoms with Crippen molar-refractivity contribution in [2.24, 2.45) is 0 Å². The fourth-order valence-electron chi connectivity index (χ4n) is 3.02. The fourth-order valence-corrected chi connectivity index (χ4v) is 3.02. The minimum atomic E-state index is -0.452. The van der Waals surface area contributed by atoms with Gasteiger partial charge in [0.05, 0.1) is 6.61 Å². The van der Waals surface area contributed by atoms with E-state index < -0.39 is 5.97 Å². The van der Waals surface area contributed by atoms with Gasteiger partial charge in [0.25, 0.3) is 0 Å². The van der Waals surface area contributed by atoms with Crippen LogP contribution in [0.4, 0.5) is 0 Å². The number of fused-ring (bicyclic) bond motifs is 3. The molecule has 3 nitrogen and oxygen atoms in total. The molecular formula is C23H22O3. The topological polar surface area (TPSA) is 35.5 Å². The molecule has 0 atom stereocenters. The molecule has 3 heteroatoms. The van der Waals surface area contributed by atoms with Crippen LogP contribution in [-0.2, 0) is 16.0 Å². The Morgan fingerprint density at radius 3 is 2.42 bits per heavy atom. The quantitative estimate of drug-likeness (QED) is 0.140. The number of aryl methyl sites for hydroxylation is 1. The number of benzene rings is 3. The molecule has 132 valence electrons. The van der Waals surface area contributed by atoms with Crippen LogP contribution in [0.15, 0.2) is 73.8 Å². The van der Waals surface area contributed by atoms with E-state index in [1.165, 1.54) is 16.3 Å². The van der Waals surface area contributed by atoms with Gasteiger partial charge in [-0.25, -0.2) is 4.79 Å². The Labute approximate surface area is 153 Å². The fraction of sp³-hybridized carbons (Fsp3) is 0.174. The van der Waals surface area contributed by atoms with Gasteiger partial charge in [-0.05, 0) is 52.1 Å². The van der Waals surface area contributed by atoms with Gasteiger partial charge >= 0.3 is 5.97 Å². The minimum Gasteiger partial charge on any atom is -0.423 e. The van der Waals surface area contributed by atoms with Crippen molar-refractivity contribution in [3.05, 3.63) is 79.4 Å². The van der Waals surface area contributed by atoms with Crippen molar-refractivity contribution in [3.8, 4) is 5.75 Å². The first-order valence-electron chi connectivity index (χ1n) is 8.69. The van der Waals surface area contributed by atoms with Crippen LogP contribution in [0.3, 0.4) is 0 Å². The number of hydrogen-bond acceptors (Lipinski definition) is 3. The zero-order valence-corrected chi connectivity index (χ0v) is 14.7. The van der Waals surface area contributed by atoms with Gasteiger partial charge in [0.1, 0.15) is 5.75 Å². The molecule has 26 heavy (non-hydrogen) atoms. The normalized spacial score (nSPS) is 10.8. The summed E-state index contributed by atoms with van der Waals surface area (Å²) in [5, 5.41) is 4.58. The minimum absolute atomic E-state index is 0.452. The number of carbonyl (C=O) groups is 1. The summed E-state index contributed by atoms with van der Waals surface area (Å²) in [6.45, 7) is 8.41. The molecule has 3 aromatic carbocycles. The van der Waals surface area contributed by atoms with E-state index in [0.717, 1.165) is 36.3 Å². The summed E-state index contributed by atoms with van der Waals surface area (Å²) in [7, 11) is 0. The lowest BCUT2D eigenvalue weighted by Crippen LogP contribution is -2.02. The number of carbonyl (C=O) groups excluding carboxylic acids is 1. The third kappa shape index (κ3) is 4.19. The maximum Gasteiger partial charge on any atom is 0.335 e. The Balaban J connectivity index is 1.81.